The van der Waals surface area contributed by atoms with Crippen molar-refractivity contribution in [2.24, 2.45) is 0 Å². The lowest BCUT2D eigenvalue weighted by Gasteiger charge is -2.10. The number of hydrogen-bond acceptors (Lipinski definition) is 3. The zero-order valence-corrected chi connectivity index (χ0v) is 11.6. The monoisotopic (exact) mass is 304 g/mol. The number of nitrogens with zero attached hydrogens (tertiary/aromatic N) is 4. The van der Waals surface area contributed by atoms with Crippen molar-refractivity contribution in [3.8, 4) is 5.82 Å². The number of alkyl halides is 3. The highest BCUT2D eigenvalue weighted by Gasteiger charge is 2.32. The minimum absolute atomic E-state index is 0.0221. The molecular formula is C12H12ClF3N4. The van der Waals surface area contributed by atoms with Gasteiger partial charge in [-0.3, -0.25) is 0 Å². The topological polar surface area (TPSA) is 43.6 Å². The molecule has 0 atom stereocenters. The van der Waals surface area contributed by atoms with Gasteiger partial charge in [0.05, 0.1) is 5.56 Å². The predicted octanol–water partition coefficient (Wildman–Crippen LogP) is 3.46. The third-order valence-electron chi connectivity index (χ3n) is 2.68. The molecule has 0 fully saturated rings. The SMILES string of the molecule is CCc1nc(CC)n(-c2cc(C(F)(F)F)cc(Cl)n2)n1. The molecule has 0 aromatic carbocycles. The van der Waals surface area contributed by atoms with Crippen LogP contribution >= 0.6 is 11.6 Å². The Balaban J connectivity index is 2.58. The molecule has 0 aliphatic rings. The maximum absolute atomic E-state index is 12.8. The van der Waals surface area contributed by atoms with Crippen LogP contribution in [0.5, 0.6) is 0 Å². The van der Waals surface area contributed by atoms with Crippen LogP contribution in [0, 0.1) is 0 Å². The molecule has 20 heavy (non-hydrogen) atoms. The van der Waals surface area contributed by atoms with Crippen molar-refractivity contribution < 1.29 is 13.2 Å². The third-order valence-corrected chi connectivity index (χ3v) is 2.87. The van der Waals surface area contributed by atoms with E-state index in [1.807, 2.05) is 13.8 Å². The summed E-state index contributed by atoms with van der Waals surface area (Å²) >= 11 is 5.67. The summed E-state index contributed by atoms with van der Waals surface area (Å²) in [5, 5.41) is 3.92. The van der Waals surface area contributed by atoms with E-state index in [4.69, 9.17) is 11.6 Å². The summed E-state index contributed by atoms with van der Waals surface area (Å²) in [6.45, 7) is 3.71. The number of halogens is 4. The quantitative estimate of drug-likeness (QED) is 0.816. The molecule has 4 nitrogen and oxygen atoms in total. The first-order valence-corrected chi connectivity index (χ1v) is 6.43. The van der Waals surface area contributed by atoms with Crippen molar-refractivity contribution in [2.45, 2.75) is 32.9 Å². The number of rotatable bonds is 3. The number of aryl methyl sites for hydroxylation is 2. The molecule has 2 rings (SSSR count). The Kier molecular flexibility index (Phi) is 3.99. The maximum Gasteiger partial charge on any atom is 0.416 e. The van der Waals surface area contributed by atoms with Gasteiger partial charge >= 0.3 is 6.18 Å². The normalized spacial score (nSPS) is 11.9. The molecular weight excluding hydrogens is 293 g/mol. The number of hydrogen-bond donors (Lipinski definition) is 0. The average molecular weight is 305 g/mol. The van der Waals surface area contributed by atoms with Gasteiger partial charge in [0.25, 0.3) is 0 Å². The third kappa shape index (κ3) is 2.92. The van der Waals surface area contributed by atoms with Gasteiger partial charge in [-0.15, -0.1) is 5.10 Å². The number of pyridine rings is 1. The van der Waals surface area contributed by atoms with Gasteiger partial charge in [0.1, 0.15) is 11.0 Å². The number of aromatic nitrogens is 4. The van der Waals surface area contributed by atoms with Crippen LogP contribution in [-0.2, 0) is 19.0 Å². The molecule has 0 saturated heterocycles. The summed E-state index contributed by atoms with van der Waals surface area (Å²) in [4.78, 5) is 8.13. The van der Waals surface area contributed by atoms with Crippen molar-refractivity contribution in [1.29, 1.82) is 0 Å². The summed E-state index contributed by atoms with van der Waals surface area (Å²) in [5.41, 5.74) is -0.858. The van der Waals surface area contributed by atoms with Gasteiger partial charge in [-0.25, -0.2) is 9.97 Å². The molecule has 2 aromatic rings. The molecule has 108 valence electrons. The molecule has 8 heteroatoms. The van der Waals surface area contributed by atoms with E-state index in [1.165, 1.54) is 4.68 Å². The Morgan fingerprint density at radius 1 is 1.15 bits per heavy atom. The molecule has 0 saturated carbocycles. The standard InChI is InChI=1S/C12H12ClF3N4/c1-3-9-18-10(4-2)20(19-9)11-6-7(12(14,15)16)5-8(13)17-11/h5-6H,3-4H2,1-2H3. The highest BCUT2D eigenvalue weighted by atomic mass is 35.5. The molecule has 0 radical (unpaired) electrons. The zero-order valence-electron chi connectivity index (χ0n) is 10.9. The fourth-order valence-electron chi connectivity index (χ4n) is 1.71. The Hall–Kier alpha value is -1.63. The van der Waals surface area contributed by atoms with Gasteiger partial charge in [-0.1, -0.05) is 25.4 Å². The highest BCUT2D eigenvalue weighted by Crippen LogP contribution is 2.31. The van der Waals surface area contributed by atoms with Gasteiger partial charge in [-0.2, -0.15) is 17.9 Å². The van der Waals surface area contributed by atoms with E-state index in [-0.39, 0.29) is 11.0 Å². The lowest BCUT2D eigenvalue weighted by molar-refractivity contribution is -0.137. The minimum Gasteiger partial charge on any atom is -0.217 e. The summed E-state index contributed by atoms with van der Waals surface area (Å²) in [6.07, 6.45) is -3.36. The Morgan fingerprint density at radius 3 is 2.40 bits per heavy atom. The Morgan fingerprint density at radius 2 is 1.85 bits per heavy atom. The van der Waals surface area contributed by atoms with Gasteiger partial charge in [0.2, 0.25) is 0 Å². The first-order valence-electron chi connectivity index (χ1n) is 6.05. The second-order valence-corrected chi connectivity index (χ2v) is 4.48. The minimum atomic E-state index is -4.48. The summed E-state index contributed by atoms with van der Waals surface area (Å²) in [5.74, 6) is 1.12. The van der Waals surface area contributed by atoms with Crippen LogP contribution in [0.1, 0.15) is 31.1 Å². The lowest BCUT2D eigenvalue weighted by Crippen LogP contribution is -2.10. The molecule has 0 unspecified atom stereocenters. The van der Waals surface area contributed by atoms with E-state index >= 15 is 0 Å². The van der Waals surface area contributed by atoms with E-state index in [2.05, 4.69) is 15.1 Å². The van der Waals surface area contributed by atoms with Crippen LogP contribution in [0.15, 0.2) is 12.1 Å². The van der Waals surface area contributed by atoms with Crippen molar-refractivity contribution in [3.63, 3.8) is 0 Å². The molecule has 0 aliphatic carbocycles. The molecule has 0 amide bonds. The predicted molar refractivity (Wildman–Crippen MR) is 67.9 cm³/mol. The second kappa shape index (κ2) is 5.40. The van der Waals surface area contributed by atoms with Gasteiger partial charge in [0.15, 0.2) is 11.6 Å². The van der Waals surface area contributed by atoms with Gasteiger partial charge < -0.3 is 0 Å². The van der Waals surface area contributed by atoms with Crippen molar-refractivity contribution in [2.75, 3.05) is 0 Å². The van der Waals surface area contributed by atoms with Crippen LogP contribution in [0.25, 0.3) is 5.82 Å². The second-order valence-electron chi connectivity index (χ2n) is 4.10. The smallest absolute Gasteiger partial charge is 0.217 e. The van der Waals surface area contributed by atoms with E-state index in [0.717, 1.165) is 12.1 Å². The van der Waals surface area contributed by atoms with Gasteiger partial charge in [0, 0.05) is 12.8 Å². The zero-order chi connectivity index (χ0) is 14.9. The van der Waals surface area contributed by atoms with E-state index in [0.29, 0.717) is 24.5 Å². The lowest BCUT2D eigenvalue weighted by atomic mass is 10.2. The van der Waals surface area contributed by atoms with Crippen LogP contribution in [0.2, 0.25) is 5.15 Å². The first kappa shape index (κ1) is 14.8. The van der Waals surface area contributed by atoms with Crippen molar-refractivity contribution in [1.82, 2.24) is 19.7 Å². The summed E-state index contributed by atoms with van der Waals surface area (Å²) < 4.78 is 39.7. The molecule has 2 aromatic heterocycles. The van der Waals surface area contributed by atoms with E-state index in [9.17, 15) is 13.2 Å². The Bertz CT molecular complexity index is 622. The largest absolute Gasteiger partial charge is 0.416 e. The van der Waals surface area contributed by atoms with E-state index < -0.39 is 11.7 Å². The summed E-state index contributed by atoms with van der Waals surface area (Å²) in [6, 6.07) is 1.70. The molecule has 0 spiro atoms. The highest BCUT2D eigenvalue weighted by molar-refractivity contribution is 6.29. The average Bonchev–Trinajstić information content (AvgIpc) is 2.80. The van der Waals surface area contributed by atoms with Crippen LogP contribution in [-0.4, -0.2) is 19.7 Å². The molecule has 0 bridgehead atoms. The van der Waals surface area contributed by atoms with Crippen LogP contribution < -0.4 is 0 Å². The van der Waals surface area contributed by atoms with E-state index in [1.54, 1.807) is 0 Å². The first-order chi connectivity index (χ1) is 9.35. The molecule has 2 heterocycles. The Labute approximate surface area is 118 Å². The van der Waals surface area contributed by atoms with Gasteiger partial charge in [-0.05, 0) is 12.1 Å². The maximum atomic E-state index is 12.8. The fraction of sp³-hybridized carbons (Fsp3) is 0.417. The van der Waals surface area contributed by atoms with Crippen LogP contribution in [0.4, 0.5) is 13.2 Å². The van der Waals surface area contributed by atoms with Crippen LogP contribution in [0.3, 0.4) is 0 Å². The van der Waals surface area contributed by atoms with Crippen molar-refractivity contribution in [3.05, 3.63) is 34.5 Å². The molecule has 0 N–H and O–H groups in total. The van der Waals surface area contributed by atoms with Crippen molar-refractivity contribution >= 4 is 11.6 Å². The fourth-order valence-corrected chi connectivity index (χ4v) is 1.91. The summed E-state index contributed by atoms with van der Waals surface area (Å²) in [7, 11) is 0. The molecule has 0 aliphatic heterocycles.